The standard InChI is InChI=1S/C63H99N3O19S/c1-43(26-19-15-11-10-12-16-20-27-44(2)62(79)80)60(78)46(4)55(75)33-21-17-13-8-6-5-7-9-14-18-22-34-58(85-86(81,82)83)45(3)56(76)40-52(72)37-48(68)29-24-30-49(69)38-53(73)41-57(77)61-59(84-61)42-54(74)39-50(70)31-23-28-47(67)36-51(71)32-25-35-66-63(64)65/h5-10,12-14,16-24,26-27,29,31,33,43,45-55,57-61,67-75,77-78H,11,15,25,28,30,32,34-42H2,1-4H3,(H,79,80)(H4,64,65,66)(H,81,82,83)/b7-5+,8-6+,12-10+,14-9+,17-13+,20-16+,22-18+,26-19+,29-24+,31-23+,33-21+,44-27+. The van der Waals surface area contributed by atoms with Crippen molar-refractivity contribution in [2.75, 3.05) is 6.54 Å². The van der Waals surface area contributed by atoms with E-state index in [9.17, 15) is 78.7 Å². The van der Waals surface area contributed by atoms with E-state index in [1.54, 1.807) is 92.0 Å². The monoisotopic (exact) mass is 1230 g/mol. The van der Waals surface area contributed by atoms with Crippen molar-refractivity contribution < 1.29 is 92.8 Å². The summed E-state index contributed by atoms with van der Waals surface area (Å²) in [5.41, 5.74) is 10.8. The Bertz CT molecular complexity index is 2450. The summed E-state index contributed by atoms with van der Waals surface area (Å²) in [5, 5.41) is 124. The van der Waals surface area contributed by atoms with Gasteiger partial charge >= 0.3 is 16.4 Å². The third kappa shape index (κ3) is 40.2. The number of allylic oxidation sites excluding steroid dienone is 16. The number of Topliss-reactive ketones (excluding diaryl/α,β-unsaturated/α-hetero) is 1. The number of carboxylic acids is 1. The van der Waals surface area contributed by atoms with Gasteiger partial charge in [-0.25, -0.2) is 8.98 Å². The van der Waals surface area contributed by atoms with Crippen molar-refractivity contribution in [3.63, 3.8) is 0 Å². The van der Waals surface area contributed by atoms with E-state index in [0.29, 0.717) is 19.4 Å². The molecule has 0 amide bonds. The number of aliphatic hydroxyl groups is 11. The van der Waals surface area contributed by atoms with Crippen LogP contribution in [0.3, 0.4) is 0 Å². The number of carbonyl (C=O) groups excluding carboxylic acids is 1. The van der Waals surface area contributed by atoms with Gasteiger partial charge in [0.25, 0.3) is 0 Å². The molecule has 0 aromatic rings. The molecule has 1 aliphatic heterocycles. The molecule has 17 atom stereocenters. The van der Waals surface area contributed by atoms with Gasteiger partial charge in [-0.1, -0.05) is 161 Å². The number of aliphatic carboxylic acids is 1. The fourth-order valence-electron chi connectivity index (χ4n) is 8.69. The molecular weight excluding hydrogens is 1130 g/mol. The molecule has 1 heterocycles. The van der Waals surface area contributed by atoms with Crippen LogP contribution in [0.2, 0.25) is 0 Å². The summed E-state index contributed by atoms with van der Waals surface area (Å²) in [5.74, 6) is -3.30. The van der Waals surface area contributed by atoms with Gasteiger partial charge in [-0.2, -0.15) is 8.42 Å². The molecule has 1 rings (SSSR count). The molecule has 22 nitrogen and oxygen atoms in total. The summed E-state index contributed by atoms with van der Waals surface area (Å²) >= 11 is 0. The number of nitrogens with two attached hydrogens (primary N) is 2. The first-order valence-corrected chi connectivity index (χ1v) is 30.6. The molecule has 17 N–H and O–H groups in total. The number of aliphatic imine (C=N–C) groups is 1. The number of rotatable bonds is 47. The number of hydrogen-bond acceptors (Lipinski definition) is 18. The van der Waals surface area contributed by atoms with Gasteiger partial charge in [0.1, 0.15) is 11.9 Å². The van der Waals surface area contributed by atoms with Crippen molar-refractivity contribution in [2.24, 2.45) is 34.2 Å². The largest absolute Gasteiger partial charge is 0.478 e. The number of carboxylic acid groups (broad SMARTS) is 1. The third-order valence-electron chi connectivity index (χ3n) is 13.8. The quantitative estimate of drug-likeness (QED) is 0.00591. The third-order valence-corrected chi connectivity index (χ3v) is 14.3. The molecule has 17 unspecified atom stereocenters. The maximum Gasteiger partial charge on any atom is 0.397 e. The van der Waals surface area contributed by atoms with Crippen LogP contribution in [-0.2, 0) is 28.9 Å². The lowest BCUT2D eigenvalue weighted by atomic mass is 9.88. The lowest BCUT2D eigenvalue weighted by molar-refractivity contribution is -0.132. The number of aliphatic hydroxyl groups excluding tert-OH is 11. The molecule has 0 spiro atoms. The van der Waals surface area contributed by atoms with E-state index in [1.165, 1.54) is 44.2 Å². The van der Waals surface area contributed by atoms with Crippen LogP contribution in [0, 0.1) is 17.8 Å². The molecule has 0 radical (unpaired) electrons. The Morgan fingerprint density at radius 1 is 0.605 bits per heavy atom. The zero-order valence-corrected chi connectivity index (χ0v) is 50.8. The molecule has 1 saturated heterocycles. The first-order chi connectivity index (χ1) is 40.6. The predicted octanol–water partition coefficient (Wildman–Crippen LogP) is 4.27. The normalized spacial score (nSPS) is 21.1. The van der Waals surface area contributed by atoms with Crippen LogP contribution in [0.15, 0.2) is 150 Å². The van der Waals surface area contributed by atoms with Crippen LogP contribution < -0.4 is 11.5 Å². The van der Waals surface area contributed by atoms with Gasteiger partial charge < -0.3 is 77.5 Å². The Kier molecular flexibility index (Phi) is 41.2. The first kappa shape index (κ1) is 78.7. The van der Waals surface area contributed by atoms with Gasteiger partial charge in [0.05, 0.1) is 79.4 Å². The molecule has 0 saturated carbocycles. The van der Waals surface area contributed by atoms with Crippen LogP contribution in [0.4, 0.5) is 0 Å². The summed E-state index contributed by atoms with van der Waals surface area (Å²) in [6.45, 7) is 6.93. The Balaban J connectivity index is 2.46. The molecule has 1 fully saturated rings. The molecule has 0 aromatic carbocycles. The highest BCUT2D eigenvalue weighted by atomic mass is 32.3. The Morgan fingerprint density at radius 2 is 1.14 bits per heavy atom. The van der Waals surface area contributed by atoms with E-state index >= 15 is 0 Å². The van der Waals surface area contributed by atoms with Crippen LogP contribution in [0.5, 0.6) is 0 Å². The molecule has 23 heteroatoms. The summed E-state index contributed by atoms with van der Waals surface area (Å²) in [6.07, 6.45) is 26.7. The van der Waals surface area contributed by atoms with Gasteiger partial charge in [-0.3, -0.25) is 14.3 Å². The number of hydrogen-bond donors (Lipinski definition) is 15. The highest BCUT2D eigenvalue weighted by molar-refractivity contribution is 7.80. The predicted molar refractivity (Wildman–Crippen MR) is 331 cm³/mol. The fourth-order valence-corrected chi connectivity index (χ4v) is 9.25. The molecule has 86 heavy (non-hydrogen) atoms. The number of carbonyl (C=O) groups is 2. The number of guanidine groups is 1. The zero-order chi connectivity index (χ0) is 64.6. The first-order valence-electron chi connectivity index (χ1n) is 29.2. The second-order valence-corrected chi connectivity index (χ2v) is 22.8. The zero-order valence-electron chi connectivity index (χ0n) is 50.0. The topological polar surface area (TPSA) is 417 Å². The number of nitrogens with zero attached hydrogens (tertiary/aromatic N) is 1. The molecular formula is C63H99N3O19S. The fraction of sp³-hybridized carbons (Fsp3) is 0.571. The Hall–Kier alpha value is -5.32. The number of ether oxygens (including phenoxy) is 1. The molecule has 0 bridgehead atoms. The van der Waals surface area contributed by atoms with Crippen molar-refractivity contribution in [1.29, 1.82) is 0 Å². The molecule has 0 aliphatic carbocycles. The molecule has 486 valence electrons. The van der Waals surface area contributed by atoms with Crippen LogP contribution >= 0.6 is 0 Å². The van der Waals surface area contributed by atoms with Gasteiger partial charge in [0.15, 0.2) is 5.96 Å². The van der Waals surface area contributed by atoms with E-state index in [2.05, 4.69) is 4.99 Å². The lowest BCUT2D eigenvalue weighted by Gasteiger charge is -2.25. The van der Waals surface area contributed by atoms with E-state index in [1.807, 2.05) is 31.2 Å². The van der Waals surface area contributed by atoms with Crippen LogP contribution in [0.1, 0.15) is 118 Å². The summed E-state index contributed by atoms with van der Waals surface area (Å²) < 4.78 is 43.0. The molecule has 1 aliphatic rings. The SMILES string of the molecule is C\C(=C/C=C/C=C/CC/C=C/C(C)C(O)C(C)C(O)/C=C/C=C/C=C/C=C/C=C/C=C/CC(OS(=O)(=O)O)C(C)C(=O)CC(O)CC(O)/C=C/CC(O)CC(O)CC(O)C1OC1CC(O)CC(O)/C=C/CC(O)CC(O)CCCN=C(N)N)C(=O)O. The average Bonchev–Trinajstić information content (AvgIpc) is 2.65. The van der Waals surface area contributed by atoms with Gasteiger partial charge in [0.2, 0.25) is 0 Å². The van der Waals surface area contributed by atoms with E-state index in [0.717, 1.165) is 12.8 Å². The van der Waals surface area contributed by atoms with Crippen molar-refractivity contribution in [1.82, 2.24) is 0 Å². The van der Waals surface area contributed by atoms with Gasteiger partial charge in [-0.15, -0.1) is 0 Å². The van der Waals surface area contributed by atoms with Crippen molar-refractivity contribution in [3.05, 3.63) is 145 Å². The number of unbranched alkanes of at least 4 members (excludes halogenated alkanes) is 1. The summed E-state index contributed by atoms with van der Waals surface area (Å²) in [4.78, 5) is 27.7. The van der Waals surface area contributed by atoms with E-state index in [4.69, 9.17) is 25.5 Å². The smallest absolute Gasteiger partial charge is 0.397 e. The van der Waals surface area contributed by atoms with Crippen molar-refractivity contribution in [3.8, 4) is 0 Å². The highest BCUT2D eigenvalue weighted by Crippen LogP contribution is 2.33. The minimum atomic E-state index is -4.96. The lowest BCUT2D eigenvalue weighted by Crippen LogP contribution is -2.32. The Labute approximate surface area is 508 Å². The summed E-state index contributed by atoms with van der Waals surface area (Å²) in [7, 11) is -4.96. The minimum Gasteiger partial charge on any atom is -0.478 e. The van der Waals surface area contributed by atoms with Crippen LogP contribution in [0.25, 0.3) is 0 Å². The maximum absolute atomic E-state index is 13.1. The number of ketones is 1. The molecule has 0 aromatic heterocycles. The van der Waals surface area contributed by atoms with Gasteiger partial charge in [0, 0.05) is 62.0 Å². The average molecular weight is 1230 g/mol. The second kappa shape index (κ2) is 45.0. The maximum atomic E-state index is 13.1. The highest BCUT2D eigenvalue weighted by Gasteiger charge is 2.45. The van der Waals surface area contributed by atoms with Crippen molar-refractivity contribution >= 4 is 28.1 Å². The Morgan fingerprint density at radius 3 is 1.72 bits per heavy atom. The summed E-state index contributed by atoms with van der Waals surface area (Å²) in [6, 6.07) is 0. The minimum absolute atomic E-state index is 0.00562. The van der Waals surface area contributed by atoms with E-state index in [-0.39, 0.29) is 75.2 Å². The van der Waals surface area contributed by atoms with Gasteiger partial charge in [-0.05, 0) is 64.7 Å². The van der Waals surface area contributed by atoms with Crippen LogP contribution in [-0.4, -0.2) is 184 Å². The number of epoxide rings is 1. The van der Waals surface area contributed by atoms with Crippen molar-refractivity contribution in [2.45, 2.75) is 203 Å². The van der Waals surface area contributed by atoms with E-state index < -0.39 is 126 Å². The second-order valence-electron chi connectivity index (χ2n) is 21.7.